The summed E-state index contributed by atoms with van der Waals surface area (Å²) in [6, 6.07) is 0.413. The van der Waals surface area contributed by atoms with Gasteiger partial charge in [-0.2, -0.15) is 5.10 Å². The number of hydrogen-bond acceptors (Lipinski definition) is 4. The molecule has 19 heavy (non-hydrogen) atoms. The zero-order chi connectivity index (χ0) is 13.2. The molecule has 0 aliphatic heterocycles. The molecule has 1 atom stereocenters. The number of thiazole rings is 1. The van der Waals surface area contributed by atoms with Gasteiger partial charge in [0.1, 0.15) is 0 Å². The van der Waals surface area contributed by atoms with Gasteiger partial charge in [-0.25, -0.2) is 4.98 Å². The van der Waals surface area contributed by atoms with Crippen molar-refractivity contribution in [3.8, 4) is 0 Å². The molecule has 0 saturated carbocycles. The number of nitrogens with one attached hydrogen (secondary N) is 2. The predicted molar refractivity (Wildman–Crippen MR) is 77.3 cm³/mol. The molecule has 0 aromatic carbocycles. The van der Waals surface area contributed by atoms with Crippen LogP contribution in [-0.4, -0.2) is 15.2 Å². The first-order valence-electron chi connectivity index (χ1n) is 6.94. The van der Waals surface area contributed by atoms with Gasteiger partial charge in [0, 0.05) is 29.6 Å². The van der Waals surface area contributed by atoms with E-state index in [9.17, 15) is 0 Å². The van der Waals surface area contributed by atoms with E-state index in [4.69, 9.17) is 0 Å². The van der Waals surface area contributed by atoms with Crippen LogP contribution in [0.15, 0.2) is 12.4 Å². The van der Waals surface area contributed by atoms with Crippen molar-refractivity contribution in [1.29, 1.82) is 0 Å². The summed E-state index contributed by atoms with van der Waals surface area (Å²) in [7, 11) is 0. The Labute approximate surface area is 117 Å². The van der Waals surface area contributed by atoms with Crippen LogP contribution in [0.4, 0.5) is 0 Å². The lowest BCUT2D eigenvalue weighted by Gasteiger charge is -2.22. The first-order valence-corrected chi connectivity index (χ1v) is 7.76. The fourth-order valence-electron chi connectivity index (χ4n) is 2.56. The van der Waals surface area contributed by atoms with E-state index >= 15 is 0 Å². The highest BCUT2D eigenvalue weighted by Crippen LogP contribution is 2.28. The van der Waals surface area contributed by atoms with Gasteiger partial charge in [0.05, 0.1) is 16.9 Å². The highest BCUT2D eigenvalue weighted by Gasteiger charge is 2.21. The van der Waals surface area contributed by atoms with E-state index < -0.39 is 0 Å². The Morgan fingerprint density at radius 3 is 3.16 bits per heavy atom. The Bertz CT molecular complexity index is 543. The number of fused-ring (bicyclic) bond motifs is 1. The second-order valence-corrected chi connectivity index (χ2v) is 6.60. The van der Waals surface area contributed by atoms with Crippen molar-refractivity contribution in [2.24, 2.45) is 0 Å². The van der Waals surface area contributed by atoms with Gasteiger partial charge in [-0.05, 0) is 24.8 Å². The molecule has 0 amide bonds. The van der Waals surface area contributed by atoms with E-state index in [0.29, 0.717) is 12.0 Å². The minimum atomic E-state index is 0.413. The first-order chi connectivity index (χ1) is 9.24. The van der Waals surface area contributed by atoms with E-state index in [2.05, 4.69) is 34.3 Å². The molecule has 1 aliphatic carbocycles. The normalized spacial score (nSPS) is 18.8. The molecule has 3 rings (SSSR count). The van der Waals surface area contributed by atoms with Crippen molar-refractivity contribution < 1.29 is 0 Å². The molecule has 2 heterocycles. The minimum absolute atomic E-state index is 0.413. The minimum Gasteiger partial charge on any atom is -0.304 e. The fourth-order valence-corrected chi connectivity index (χ4v) is 3.43. The largest absolute Gasteiger partial charge is 0.304 e. The molecule has 2 N–H and O–H groups in total. The van der Waals surface area contributed by atoms with Gasteiger partial charge < -0.3 is 5.32 Å². The smallest absolute Gasteiger partial charge is 0.0953 e. The molecule has 102 valence electrons. The maximum absolute atomic E-state index is 4.47. The lowest BCUT2D eigenvalue weighted by molar-refractivity contribution is 0.451. The molecule has 2 aromatic heterocycles. The standard InChI is InChI=1S/C14H20N4S/c1-9(2)14-16-8-11(19-14)7-15-12-5-3-4-10-6-17-18-13(10)12/h6,8-9,12,15H,3-5,7H2,1-2H3,(H,17,18)/t12-/m0/s1. The maximum atomic E-state index is 4.47. The number of nitrogens with zero attached hydrogens (tertiary/aromatic N) is 2. The van der Waals surface area contributed by atoms with Crippen LogP contribution in [0.2, 0.25) is 0 Å². The summed E-state index contributed by atoms with van der Waals surface area (Å²) in [4.78, 5) is 5.79. The summed E-state index contributed by atoms with van der Waals surface area (Å²) < 4.78 is 0. The first kappa shape index (κ1) is 12.8. The highest BCUT2D eigenvalue weighted by atomic mass is 32.1. The quantitative estimate of drug-likeness (QED) is 0.902. The monoisotopic (exact) mass is 276 g/mol. The van der Waals surface area contributed by atoms with Crippen molar-refractivity contribution in [3.63, 3.8) is 0 Å². The molecular weight excluding hydrogens is 256 g/mol. The third-order valence-corrected chi connectivity index (χ3v) is 4.92. The number of H-pyrrole nitrogens is 1. The molecule has 0 saturated heterocycles. The average molecular weight is 276 g/mol. The van der Waals surface area contributed by atoms with Gasteiger partial charge in [0.15, 0.2) is 0 Å². The van der Waals surface area contributed by atoms with Crippen molar-refractivity contribution >= 4 is 11.3 Å². The maximum Gasteiger partial charge on any atom is 0.0953 e. The summed E-state index contributed by atoms with van der Waals surface area (Å²) in [6.45, 7) is 5.27. The molecular formula is C14H20N4S. The van der Waals surface area contributed by atoms with Crippen molar-refractivity contribution in [2.75, 3.05) is 0 Å². The van der Waals surface area contributed by atoms with E-state index in [1.54, 1.807) is 0 Å². The molecule has 0 fully saturated rings. The topological polar surface area (TPSA) is 53.6 Å². The van der Waals surface area contributed by atoms with Gasteiger partial charge in [-0.3, -0.25) is 5.10 Å². The van der Waals surface area contributed by atoms with Gasteiger partial charge >= 0.3 is 0 Å². The summed E-state index contributed by atoms with van der Waals surface area (Å²) in [5, 5.41) is 12.2. The molecule has 5 heteroatoms. The van der Waals surface area contributed by atoms with Gasteiger partial charge in [-0.1, -0.05) is 13.8 Å². The van der Waals surface area contributed by atoms with Crippen LogP contribution in [0.5, 0.6) is 0 Å². The van der Waals surface area contributed by atoms with Crippen LogP contribution in [-0.2, 0) is 13.0 Å². The lowest BCUT2D eigenvalue weighted by Crippen LogP contribution is -2.24. The summed E-state index contributed by atoms with van der Waals surface area (Å²) in [6.07, 6.45) is 7.55. The van der Waals surface area contributed by atoms with E-state index in [1.807, 2.05) is 23.7 Å². The van der Waals surface area contributed by atoms with Crippen molar-refractivity contribution in [2.45, 2.75) is 51.6 Å². The van der Waals surface area contributed by atoms with Gasteiger partial charge in [0.25, 0.3) is 0 Å². The van der Waals surface area contributed by atoms with Gasteiger partial charge in [0.2, 0.25) is 0 Å². The lowest BCUT2D eigenvalue weighted by atomic mass is 9.94. The van der Waals surface area contributed by atoms with Crippen LogP contribution in [0.1, 0.15) is 59.8 Å². The molecule has 0 spiro atoms. The third-order valence-electron chi connectivity index (χ3n) is 3.63. The van der Waals surface area contributed by atoms with Crippen molar-refractivity contribution in [1.82, 2.24) is 20.5 Å². The Kier molecular flexibility index (Phi) is 3.66. The fraction of sp³-hybridized carbons (Fsp3) is 0.571. The molecule has 1 aliphatic rings. The molecule has 2 aromatic rings. The van der Waals surface area contributed by atoms with E-state index in [0.717, 1.165) is 13.0 Å². The molecule has 0 bridgehead atoms. The summed E-state index contributed by atoms with van der Waals surface area (Å²) >= 11 is 1.81. The van der Waals surface area contributed by atoms with Gasteiger partial charge in [-0.15, -0.1) is 11.3 Å². The van der Waals surface area contributed by atoms with Crippen LogP contribution in [0.3, 0.4) is 0 Å². The number of rotatable bonds is 4. The van der Waals surface area contributed by atoms with Crippen LogP contribution < -0.4 is 5.32 Å². The average Bonchev–Trinajstić information content (AvgIpc) is 3.05. The number of hydrogen-bond donors (Lipinski definition) is 2. The van der Waals surface area contributed by atoms with Crippen LogP contribution >= 0.6 is 11.3 Å². The summed E-state index contributed by atoms with van der Waals surface area (Å²) in [5.74, 6) is 0.521. The Morgan fingerprint density at radius 2 is 2.37 bits per heavy atom. The second-order valence-electron chi connectivity index (χ2n) is 5.45. The predicted octanol–water partition coefficient (Wildman–Crippen LogP) is 3.16. The van der Waals surface area contributed by atoms with Crippen LogP contribution in [0, 0.1) is 0 Å². The highest BCUT2D eigenvalue weighted by molar-refractivity contribution is 7.11. The third kappa shape index (κ3) is 2.72. The second kappa shape index (κ2) is 5.43. The summed E-state index contributed by atoms with van der Waals surface area (Å²) in [5.41, 5.74) is 2.65. The number of aryl methyl sites for hydroxylation is 1. The number of aromatic nitrogens is 3. The van der Waals surface area contributed by atoms with E-state index in [-0.39, 0.29) is 0 Å². The van der Waals surface area contributed by atoms with E-state index in [1.165, 1.54) is 34.0 Å². The number of aromatic amines is 1. The SMILES string of the molecule is CC(C)c1ncc(CN[C@H]2CCCc3cn[nH]c32)s1. The Hall–Kier alpha value is -1.20. The van der Waals surface area contributed by atoms with Crippen molar-refractivity contribution in [3.05, 3.63) is 33.5 Å². The van der Waals surface area contributed by atoms with Crippen LogP contribution in [0.25, 0.3) is 0 Å². The molecule has 0 radical (unpaired) electrons. The Balaban J connectivity index is 1.64. The Morgan fingerprint density at radius 1 is 1.47 bits per heavy atom. The molecule has 4 nitrogen and oxygen atoms in total. The molecule has 0 unspecified atom stereocenters. The zero-order valence-electron chi connectivity index (χ0n) is 11.4. The zero-order valence-corrected chi connectivity index (χ0v) is 12.3.